The largest absolute Gasteiger partial charge is 0.328 e. The molecule has 3 rings (SSSR count). The van der Waals surface area contributed by atoms with Crippen LogP contribution >= 0.6 is 11.6 Å². The Hall–Kier alpha value is -1.22. The summed E-state index contributed by atoms with van der Waals surface area (Å²) in [6.45, 7) is 9.13. The average Bonchev–Trinajstić information content (AvgIpc) is 2.73. The first-order chi connectivity index (χ1) is 9.60. The minimum atomic E-state index is -0.0188. The molecule has 114 valence electrons. The highest BCUT2D eigenvalue weighted by Crippen LogP contribution is 2.73. The predicted octanol–water partition coefficient (Wildman–Crippen LogP) is 3.84. The quantitative estimate of drug-likeness (QED) is 0.774. The van der Waals surface area contributed by atoms with Gasteiger partial charge in [-0.15, -0.1) is 11.6 Å². The SMILES string of the molecule is Cn1c(=O)n(C)c2cc(C(Cl)C3C(C)(C)C3(C)C)ccc21. The third kappa shape index (κ3) is 1.76. The number of fused-ring (bicyclic) bond motifs is 1. The van der Waals surface area contributed by atoms with E-state index in [2.05, 4.69) is 39.8 Å². The standard InChI is InChI=1S/C17H23ClN2O/c1-16(2)14(17(16,3)4)13(18)10-7-8-11-12(9-10)20(6)15(21)19(11)5/h7-9,13-14H,1-6H3. The molecule has 1 aliphatic carbocycles. The van der Waals surface area contributed by atoms with Gasteiger partial charge in [-0.1, -0.05) is 33.8 Å². The molecule has 0 radical (unpaired) electrons. The van der Waals surface area contributed by atoms with E-state index >= 15 is 0 Å². The molecule has 0 N–H and O–H groups in total. The first-order valence-corrected chi connectivity index (χ1v) is 7.84. The fourth-order valence-corrected chi connectivity index (χ4v) is 4.63. The highest BCUT2D eigenvalue weighted by atomic mass is 35.5. The molecule has 1 aliphatic rings. The second-order valence-corrected chi connectivity index (χ2v) is 7.94. The number of benzene rings is 1. The van der Waals surface area contributed by atoms with Crippen molar-refractivity contribution in [2.45, 2.75) is 33.1 Å². The first kappa shape index (κ1) is 14.7. The van der Waals surface area contributed by atoms with Crippen molar-refractivity contribution in [3.63, 3.8) is 0 Å². The molecular formula is C17H23ClN2O. The maximum absolute atomic E-state index is 12.0. The lowest BCUT2D eigenvalue weighted by atomic mass is 10.0. The molecule has 0 bridgehead atoms. The predicted molar refractivity (Wildman–Crippen MR) is 87.8 cm³/mol. The Balaban J connectivity index is 2.07. The van der Waals surface area contributed by atoms with Crippen LogP contribution in [-0.4, -0.2) is 9.13 Å². The van der Waals surface area contributed by atoms with E-state index in [1.165, 1.54) is 0 Å². The number of nitrogens with zero attached hydrogens (tertiary/aromatic N) is 2. The van der Waals surface area contributed by atoms with Gasteiger partial charge in [-0.05, 0) is 34.4 Å². The summed E-state index contributed by atoms with van der Waals surface area (Å²) in [6, 6.07) is 6.13. The van der Waals surface area contributed by atoms with Crippen LogP contribution in [0, 0.1) is 16.7 Å². The van der Waals surface area contributed by atoms with E-state index in [1.807, 2.05) is 13.1 Å². The molecule has 0 aliphatic heterocycles. The van der Waals surface area contributed by atoms with Gasteiger partial charge in [0.05, 0.1) is 16.4 Å². The summed E-state index contributed by atoms with van der Waals surface area (Å²) in [6.07, 6.45) is 0. The van der Waals surface area contributed by atoms with Crippen molar-refractivity contribution in [3.05, 3.63) is 34.2 Å². The second kappa shape index (κ2) is 4.16. The number of rotatable bonds is 2. The molecule has 4 heteroatoms. The van der Waals surface area contributed by atoms with Crippen molar-refractivity contribution in [2.24, 2.45) is 30.8 Å². The molecule has 1 fully saturated rings. The summed E-state index contributed by atoms with van der Waals surface area (Å²) in [5, 5.41) is -0.0188. The van der Waals surface area contributed by atoms with Crippen molar-refractivity contribution in [3.8, 4) is 0 Å². The zero-order chi connectivity index (χ0) is 15.7. The van der Waals surface area contributed by atoms with E-state index in [0.29, 0.717) is 5.92 Å². The van der Waals surface area contributed by atoms with Crippen molar-refractivity contribution in [1.29, 1.82) is 0 Å². The molecule has 0 spiro atoms. The first-order valence-electron chi connectivity index (χ1n) is 7.40. The van der Waals surface area contributed by atoms with Gasteiger partial charge in [-0.25, -0.2) is 4.79 Å². The van der Waals surface area contributed by atoms with Gasteiger partial charge in [-0.2, -0.15) is 0 Å². The average molecular weight is 307 g/mol. The van der Waals surface area contributed by atoms with Crippen LogP contribution in [0.2, 0.25) is 0 Å². The fraction of sp³-hybridized carbons (Fsp3) is 0.588. The second-order valence-electron chi connectivity index (χ2n) is 7.47. The molecule has 1 aromatic heterocycles. The molecular weight excluding hydrogens is 284 g/mol. The summed E-state index contributed by atoms with van der Waals surface area (Å²) in [7, 11) is 3.61. The van der Waals surface area contributed by atoms with Crippen molar-refractivity contribution in [2.75, 3.05) is 0 Å². The number of aryl methyl sites for hydroxylation is 2. The van der Waals surface area contributed by atoms with Gasteiger partial charge in [0.25, 0.3) is 0 Å². The molecule has 21 heavy (non-hydrogen) atoms. The Morgan fingerprint density at radius 3 is 2.10 bits per heavy atom. The van der Waals surface area contributed by atoms with Crippen LogP contribution in [0.4, 0.5) is 0 Å². The maximum Gasteiger partial charge on any atom is 0.328 e. The van der Waals surface area contributed by atoms with Gasteiger partial charge in [0.1, 0.15) is 0 Å². The third-order valence-corrected chi connectivity index (χ3v) is 6.54. The van der Waals surface area contributed by atoms with Crippen LogP contribution in [-0.2, 0) is 14.1 Å². The summed E-state index contributed by atoms with van der Waals surface area (Å²) in [4.78, 5) is 12.0. The zero-order valence-corrected chi connectivity index (χ0v) is 14.3. The van der Waals surface area contributed by atoms with E-state index in [1.54, 1.807) is 16.2 Å². The van der Waals surface area contributed by atoms with Crippen LogP contribution in [0.25, 0.3) is 11.0 Å². The Bertz CT molecular complexity index is 768. The van der Waals surface area contributed by atoms with Crippen LogP contribution in [0.15, 0.2) is 23.0 Å². The summed E-state index contributed by atoms with van der Waals surface area (Å²) < 4.78 is 3.36. The Labute approximate surface area is 130 Å². The molecule has 1 saturated carbocycles. The molecule has 1 unspecified atom stereocenters. The highest BCUT2D eigenvalue weighted by Gasteiger charge is 2.67. The van der Waals surface area contributed by atoms with Crippen LogP contribution < -0.4 is 5.69 Å². The maximum atomic E-state index is 12.0. The lowest BCUT2D eigenvalue weighted by molar-refractivity contribution is 0.457. The molecule has 2 aromatic rings. The van der Waals surface area contributed by atoms with E-state index in [-0.39, 0.29) is 21.9 Å². The minimum absolute atomic E-state index is 0.000328. The van der Waals surface area contributed by atoms with Crippen LogP contribution in [0.3, 0.4) is 0 Å². The van der Waals surface area contributed by atoms with Gasteiger partial charge in [-0.3, -0.25) is 9.13 Å². The summed E-state index contributed by atoms with van der Waals surface area (Å²) in [5.41, 5.74) is 3.49. The van der Waals surface area contributed by atoms with E-state index in [0.717, 1.165) is 16.6 Å². The number of imidazole rings is 1. The zero-order valence-electron chi connectivity index (χ0n) is 13.6. The van der Waals surface area contributed by atoms with Gasteiger partial charge < -0.3 is 0 Å². The minimum Gasteiger partial charge on any atom is -0.295 e. The molecule has 0 amide bonds. The van der Waals surface area contributed by atoms with Crippen LogP contribution in [0.5, 0.6) is 0 Å². The van der Waals surface area contributed by atoms with Gasteiger partial charge >= 0.3 is 5.69 Å². The number of hydrogen-bond acceptors (Lipinski definition) is 1. The number of alkyl halides is 1. The van der Waals surface area contributed by atoms with Crippen molar-refractivity contribution in [1.82, 2.24) is 9.13 Å². The Kier molecular flexibility index (Phi) is 2.91. The van der Waals surface area contributed by atoms with E-state index in [9.17, 15) is 4.79 Å². The summed E-state index contributed by atoms with van der Waals surface area (Å²) in [5.74, 6) is 0.449. The van der Waals surface area contributed by atoms with Crippen molar-refractivity contribution >= 4 is 22.6 Å². The topological polar surface area (TPSA) is 26.9 Å². The number of halogens is 1. The normalized spacial score (nSPS) is 21.7. The molecule has 0 saturated heterocycles. The fourth-order valence-electron chi connectivity index (χ4n) is 3.87. The van der Waals surface area contributed by atoms with Gasteiger partial charge in [0, 0.05) is 14.1 Å². The Morgan fingerprint density at radius 1 is 1.05 bits per heavy atom. The van der Waals surface area contributed by atoms with Gasteiger partial charge in [0.15, 0.2) is 0 Å². The van der Waals surface area contributed by atoms with E-state index in [4.69, 9.17) is 11.6 Å². The lowest BCUT2D eigenvalue weighted by Gasteiger charge is -2.12. The molecule has 1 aromatic carbocycles. The smallest absolute Gasteiger partial charge is 0.295 e. The van der Waals surface area contributed by atoms with Gasteiger partial charge in [0.2, 0.25) is 0 Å². The number of hydrogen-bond donors (Lipinski definition) is 0. The Morgan fingerprint density at radius 2 is 1.57 bits per heavy atom. The van der Waals surface area contributed by atoms with E-state index < -0.39 is 0 Å². The van der Waals surface area contributed by atoms with Crippen LogP contribution in [0.1, 0.15) is 38.6 Å². The van der Waals surface area contributed by atoms with Crippen molar-refractivity contribution < 1.29 is 0 Å². The summed E-state index contributed by atoms with van der Waals surface area (Å²) >= 11 is 6.78. The molecule has 1 atom stereocenters. The lowest BCUT2D eigenvalue weighted by Crippen LogP contribution is -2.19. The monoisotopic (exact) mass is 306 g/mol. The highest BCUT2D eigenvalue weighted by molar-refractivity contribution is 6.21. The molecule has 3 nitrogen and oxygen atoms in total. The third-order valence-electron chi connectivity index (χ3n) is 6.04. The molecule has 1 heterocycles. The number of aromatic nitrogens is 2.